The van der Waals surface area contributed by atoms with Crippen molar-refractivity contribution in [2.24, 2.45) is 0 Å². The number of hydrogen-bond acceptors (Lipinski definition) is 3. The maximum atomic E-state index is 12.7. The van der Waals surface area contributed by atoms with Gasteiger partial charge in [0.15, 0.2) is 11.3 Å². The maximum absolute atomic E-state index is 12.7. The van der Waals surface area contributed by atoms with Crippen LogP contribution in [-0.4, -0.2) is 44.5 Å². The summed E-state index contributed by atoms with van der Waals surface area (Å²) >= 11 is 0. The zero-order valence-corrected chi connectivity index (χ0v) is 15.3. The average Bonchev–Trinajstić information content (AvgIpc) is 2.53. The van der Waals surface area contributed by atoms with Crippen molar-refractivity contribution >= 4 is 6.09 Å². The van der Waals surface area contributed by atoms with Crippen molar-refractivity contribution in [2.45, 2.75) is 108 Å². The molecule has 1 aliphatic carbocycles. The van der Waals surface area contributed by atoms with Crippen LogP contribution < -0.4 is 5.32 Å². The Balaban J connectivity index is 1.91. The largest absolute Gasteiger partial charge is 0.438 e. The van der Waals surface area contributed by atoms with E-state index < -0.39 is 11.3 Å². The number of piperidine rings is 1. The van der Waals surface area contributed by atoms with Gasteiger partial charge in [-0.05, 0) is 60.3 Å². The molecule has 1 saturated carbocycles. The molecule has 3 N–H and O–H groups in total. The van der Waals surface area contributed by atoms with Crippen molar-refractivity contribution in [3.8, 4) is 0 Å². The number of amides is 1. The lowest BCUT2D eigenvalue weighted by molar-refractivity contribution is -0.788. The number of carbonyl (C=O) groups is 1. The van der Waals surface area contributed by atoms with Gasteiger partial charge in [0.25, 0.3) is 0 Å². The van der Waals surface area contributed by atoms with Crippen molar-refractivity contribution in [3.05, 3.63) is 0 Å². The Bertz CT molecular complexity index is 476. The van der Waals surface area contributed by atoms with E-state index in [4.69, 9.17) is 4.74 Å². The Kier molecular flexibility index (Phi) is 3.77. The molecular weight excluding hydrogens is 292 g/mol. The standard InChI is InChI=1S/C18H32N2O3/c1-15(2)11-13(12-16(3,4)19-15)20-14(21)23-18(17(20,5)22)9-7-6-8-10-18/h13,19,22H,6-12H2,1-5H3/p+1. The predicted molar refractivity (Wildman–Crippen MR) is 87.9 cm³/mol. The number of hydrogen-bond donors (Lipinski definition) is 2. The van der Waals surface area contributed by atoms with Crippen LogP contribution in [0.1, 0.15) is 79.6 Å². The number of nitrogens with two attached hydrogens (primary N) is 1. The molecule has 0 aromatic carbocycles. The minimum atomic E-state index is -1.21. The summed E-state index contributed by atoms with van der Waals surface area (Å²) in [6, 6.07) is 0.0220. The molecule has 1 amide bonds. The van der Waals surface area contributed by atoms with Crippen LogP contribution >= 0.6 is 0 Å². The highest BCUT2D eigenvalue weighted by Crippen LogP contribution is 2.49. The van der Waals surface area contributed by atoms with Crippen LogP contribution in [0.4, 0.5) is 4.79 Å². The topological polar surface area (TPSA) is 66.4 Å². The first-order valence-electron chi connectivity index (χ1n) is 9.10. The summed E-state index contributed by atoms with van der Waals surface area (Å²) < 4.78 is 5.83. The number of aliphatic hydroxyl groups is 1. The molecular formula is C18H33N2O3+. The molecule has 0 aromatic heterocycles. The minimum absolute atomic E-state index is 0.0220. The van der Waals surface area contributed by atoms with Crippen LogP contribution in [0.2, 0.25) is 0 Å². The van der Waals surface area contributed by atoms with Crippen LogP contribution in [0.15, 0.2) is 0 Å². The summed E-state index contributed by atoms with van der Waals surface area (Å²) in [6.07, 6.45) is 6.17. The molecule has 1 atom stereocenters. The van der Waals surface area contributed by atoms with E-state index in [1.807, 2.05) is 0 Å². The van der Waals surface area contributed by atoms with Crippen molar-refractivity contribution in [3.63, 3.8) is 0 Å². The summed E-state index contributed by atoms with van der Waals surface area (Å²) in [5.41, 5.74) is -1.83. The lowest BCUT2D eigenvalue weighted by atomic mass is 9.75. The zero-order chi connectivity index (χ0) is 17.1. The van der Waals surface area contributed by atoms with Gasteiger partial charge in [0.1, 0.15) is 0 Å². The van der Waals surface area contributed by atoms with E-state index in [2.05, 4.69) is 33.0 Å². The number of quaternary nitrogens is 1. The normalized spacial score (nSPS) is 36.3. The second-order valence-corrected chi connectivity index (χ2v) is 9.50. The van der Waals surface area contributed by atoms with E-state index in [0.29, 0.717) is 0 Å². The second kappa shape index (κ2) is 5.09. The lowest BCUT2D eigenvalue weighted by Gasteiger charge is -2.49. The van der Waals surface area contributed by atoms with Gasteiger partial charge < -0.3 is 15.2 Å². The molecule has 3 rings (SSSR count). The monoisotopic (exact) mass is 325 g/mol. The molecule has 2 heterocycles. The van der Waals surface area contributed by atoms with Gasteiger partial charge >= 0.3 is 6.09 Å². The molecule has 1 unspecified atom stereocenters. The maximum Gasteiger partial charge on any atom is 0.413 e. The molecule has 0 aromatic rings. The second-order valence-electron chi connectivity index (χ2n) is 9.50. The Labute approximate surface area is 139 Å². The minimum Gasteiger partial charge on any atom is -0.438 e. The molecule has 1 spiro atoms. The third-order valence-electron chi connectivity index (χ3n) is 6.14. The van der Waals surface area contributed by atoms with Gasteiger partial charge in [0, 0.05) is 18.9 Å². The third-order valence-corrected chi connectivity index (χ3v) is 6.14. The van der Waals surface area contributed by atoms with Crippen LogP contribution in [0.25, 0.3) is 0 Å². The highest BCUT2D eigenvalue weighted by Gasteiger charge is 2.64. The highest BCUT2D eigenvalue weighted by molar-refractivity contribution is 5.73. The first-order valence-corrected chi connectivity index (χ1v) is 9.10. The van der Waals surface area contributed by atoms with Crippen LogP contribution in [0.5, 0.6) is 0 Å². The number of rotatable bonds is 1. The Morgan fingerprint density at radius 1 is 1.04 bits per heavy atom. The van der Waals surface area contributed by atoms with E-state index in [0.717, 1.165) is 44.9 Å². The van der Waals surface area contributed by atoms with Gasteiger partial charge in [-0.25, -0.2) is 4.79 Å². The number of carbonyl (C=O) groups excluding carboxylic acids is 1. The van der Waals surface area contributed by atoms with Gasteiger partial charge in [-0.15, -0.1) is 0 Å². The fourth-order valence-corrected chi connectivity index (χ4v) is 5.56. The van der Waals surface area contributed by atoms with E-state index >= 15 is 0 Å². The third kappa shape index (κ3) is 2.76. The molecule has 23 heavy (non-hydrogen) atoms. The Hall–Kier alpha value is -0.810. The molecule has 2 saturated heterocycles. The van der Waals surface area contributed by atoms with Crippen LogP contribution in [-0.2, 0) is 4.74 Å². The molecule has 5 heteroatoms. The molecule has 3 aliphatic rings. The van der Waals surface area contributed by atoms with Crippen molar-refractivity contribution in [2.75, 3.05) is 0 Å². The SMILES string of the molecule is CC1(C)CC(N2C(=O)OC3(CCCCC3)C2(C)O)CC(C)(C)[NH2+]1. The summed E-state index contributed by atoms with van der Waals surface area (Å²) in [7, 11) is 0. The fourth-order valence-electron chi connectivity index (χ4n) is 5.56. The first-order chi connectivity index (χ1) is 10.5. The Morgan fingerprint density at radius 3 is 2.09 bits per heavy atom. The van der Waals surface area contributed by atoms with E-state index in [1.54, 1.807) is 11.8 Å². The van der Waals surface area contributed by atoms with Gasteiger partial charge in [-0.3, -0.25) is 4.90 Å². The van der Waals surface area contributed by atoms with E-state index in [-0.39, 0.29) is 23.2 Å². The van der Waals surface area contributed by atoms with Crippen molar-refractivity contribution < 1.29 is 20.0 Å². The molecule has 5 nitrogen and oxygen atoms in total. The average molecular weight is 325 g/mol. The summed E-state index contributed by atoms with van der Waals surface area (Å²) in [6.45, 7) is 10.7. The number of ether oxygens (including phenoxy) is 1. The molecule has 132 valence electrons. The van der Waals surface area contributed by atoms with Gasteiger partial charge in [0.05, 0.1) is 11.1 Å². The number of nitrogens with zero attached hydrogens (tertiary/aromatic N) is 1. The molecule has 0 bridgehead atoms. The van der Waals surface area contributed by atoms with E-state index in [1.165, 1.54) is 0 Å². The quantitative estimate of drug-likeness (QED) is 0.776. The summed E-state index contributed by atoms with van der Waals surface area (Å²) in [4.78, 5) is 14.4. The van der Waals surface area contributed by atoms with Crippen LogP contribution in [0, 0.1) is 0 Å². The smallest absolute Gasteiger partial charge is 0.413 e. The fraction of sp³-hybridized carbons (Fsp3) is 0.944. The first kappa shape index (κ1) is 17.0. The van der Waals surface area contributed by atoms with Crippen molar-refractivity contribution in [1.82, 2.24) is 4.90 Å². The summed E-state index contributed by atoms with van der Waals surface area (Å²) in [5, 5.41) is 13.8. The molecule has 0 radical (unpaired) electrons. The lowest BCUT2D eigenvalue weighted by Crippen LogP contribution is -3.06. The van der Waals surface area contributed by atoms with E-state index in [9.17, 15) is 9.90 Å². The van der Waals surface area contributed by atoms with Gasteiger partial charge in [0.2, 0.25) is 0 Å². The zero-order valence-electron chi connectivity index (χ0n) is 15.3. The summed E-state index contributed by atoms with van der Waals surface area (Å²) in [5.74, 6) is 0. The highest BCUT2D eigenvalue weighted by atomic mass is 16.6. The van der Waals surface area contributed by atoms with Crippen molar-refractivity contribution in [1.29, 1.82) is 0 Å². The predicted octanol–water partition coefficient (Wildman–Crippen LogP) is 2.13. The van der Waals surface area contributed by atoms with Gasteiger partial charge in [-0.2, -0.15) is 0 Å². The van der Waals surface area contributed by atoms with Crippen LogP contribution in [0.3, 0.4) is 0 Å². The molecule has 3 fully saturated rings. The Morgan fingerprint density at radius 2 is 1.57 bits per heavy atom. The van der Waals surface area contributed by atoms with Gasteiger partial charge in [-0.1, -0.05) is 6.42 Å². The molecule has 2 aliphatic heterocycles.